The third-order valence-electron chi connectivity index (χ3n) is 4.34. The fourth-order valence-electron chi connectivity index (χ4n) is 2.89. The second-order valence-corrected chi connectivity index (χ2v) is 8.99. The molecule has 0 amide bonds. The molecule has 8 heteroatoms. The number of hydrogen-bond donors (Lipinski definition) is 1. The van der Waals surface area contributed by atoms with Gasteiger partial charge in [-0.2, -0.15) is 28.8 Å². The molecule has 0 aromatic heterocycles. The molecule has 2 aliphatic rings. The van der Waals surface area contributed by atoms with E-state index in [0.29, 0.717) is 44.0 Å². The first-order valence-corrected chi connectivity index (χ1v) is 10.1. The van der Waals surface area contributed by atoms with Gasteiger partial charge in [-0.05, 0) is 31.9 Å². The van der Waals surface area contributed by atoms with E-state index in [1.807, 2.05) is 6.26 Å². The average molecular weight is 338 g/mol. The maximum Gasteiger partial charge on any atom is 0.281 e. The van der Waals surface area contributed by atoms with E-state index in [1.54, 1.807) is 20.4 Å². The standard InChI is InChI=1S/C12H23N3O2S3/c1-19-12(11(13)18)5-9-15(10-6-12)20(16,17)14-7-3-2-4-8-14/h2-10H2,1H3,(H2,13,18). The van der Waals surface area contributed by atoms with Crippen molar-refractivity contribution in [3.05, 3.63) is 0 Å². The Morgan fingerprint density at radius 3 is 2.05 bits per heavy atom. The summed E-state index contributed by atoms with van der Waals surface area (Å²) in [7, 11) is -3.30. The highest BCUT2D eigenvalue weighted by atomic mass is 32.2. The van der Waals surface area contributed by atoms with E-state index >= 15 is 0 Å². The summed E-state index contributed by atoms with van der Waals surface area (Å²) in [4.78, 5) is 0.500. The molecular formula is C12H23N3O2S3. The quantitative estimate of drug-likeness (QED) is 0.781. The van der Waals surface area contributed by atoms with E-state index < -0.39 is 10.2 Å². The molecule has 0 atom stereocenters. The smallest absolute Gasteiger partial charge is 0.281 e. The Hall–Kier alpha value is 0.110. The summed E-state index contributed by atoms with van der Waals surface area (Å²) in [5.74, 6) is 0. The largest absolute Gasteiger partial charge is 0.392 e. The Labute approximate surface area is 131 Å². The average Bonchev–Trinajstić information content (AvgIpc) is 2.48. The molecule has 2 rings (SSSR count). The van der Waals surface area contributed by atoms with Crippen molar-refractivity contribution >= 4 is 39.2 Å². The van der Waals surface area contributed by atoms with Crippen LogP contribution in [0.2, 0.25) is 0 Å². The highest BCUT2D eigenvalue weighted by molar-refractivity contribution is 8.02. The van der Waals surface area contributed by atoms with Crippen molar-refractivity contribution in [2.45, 2.75) is 36.9 Å². The van der Waals surface area contributed by atoms with Gasteiger partial charge < -0.3 is 5.73 Å². The number of rotatable bonds is 4. The fraction of sp³-hybridized carbons (Fsp3) is 0.917. The summed E-state index contributed by atoms with van der Waals surface area (Å²) in [5.41, 5.74) is 5.84. The molecule has 5 nitrogen and oxygen atoms in total. The molecule has 116 valence electrons. The van der Waals surface area contributed by atoms with Crippen molar-refractivity contribution in [3.63, 3.8) is 0 Å². The molecule has 0 saturated carbocycles. The maximum absolute atomic E-state index is 12.6. The van der Waals surface area contributed by atoms with Crippen LogP contribution >= 0.6 is 24.0 Å². The van der Waals surface area contributed by atoms with Crippen molar-refractivity contribution in [2.24, 2.45) is 5.73 Å². The van der Waals surface area contributed by atoms with Crippen molar-refractivity contribution in [1.29, 1.82) is 0 Å². The Bertz CT molecular complexity index is 453. The number of nitrogens with two attached hydrogens (primary N) is 1. The zero-order valence-electron chi connectivity index (χ0n) is 11.9. The summed E-state index contributed by atoms with van der Waals surface area (Å²) < 4.78 is 28.2. The van der Waals surface area contributed by atoms with Crippen LogP contribution in [0.4, 0.5) is 0 Å². The first-order chi connectivity index (χ1) is 9.42. The van der Waals surface area contributed by atoms with Gasteiger partial charge in [-0.1, -0.05) is 18.6 Å². The molecule has 0 spiro atoms. The Morgan fingerprint density at radius 1 is 1.10 bits per heavy atom. The first kappa shape index (κ1) is 16.5. The predicted octanol–water partition coefficient (Wildman–Crippen LogP) is 1.20. The van der Waals surface area contributed by atoms with E-state index in [-0.39, 0.29) is 4.75 Å². The van der Waals surface area contributed by atoms with Gasteiger partial charge in [0.15, 0.2) is 0 Å². The molecule has 0 aromatic carbocycles. The molecule has 2 heterocycles. The van der Waals surface area contributed by atoms with E-state index in [9.17, 15) is 8.42 Å². The molecular weight excluding hydrogens is 314 g/mol. The summed E-state index contributed by atoms with van der Waals surface area (Å²) in [6, 6.07) is 0. The van der Waals surface area contributed by atoms with Crippen LogP contribution in [0.15, 0.2) is 0 Å². The van der Waals surface area contributed by atoms with E-state index in [0.717, 1.165) is 19.3 Å². The molecule has 0 aromatic rings. The minimum atomic E-state index is -3.30. The number of piperidine rings is 2. The second kappa shape index (κ2) is 6.48. The van der Waals surface area contributed by atoms with E-state index in [2.05, 4.69) is 0 Å². The Morgan fingerprint density at radius 2 is 1.60 bits per heavy atom. The molecule has 2 aliphatic heterocycles. The van der Waals surface area contributed by atoms with Gasteiger partial charge in [-0.3, -0.25) is 0 Å². The minimum absolute atomic E-state index is 0.233. The van der Waals surface area contributed by atoms with Crippen molar-refractivity contribution < 1.29 is 8.42 Å². The number of hydrogen-bond acceptors (Lipinski definition) is 4. The van der Waals surface area contributed by atoms with Gasteiger partial charge in [0.05, 0.1) is 9.74 Å². The van der Waals surface area contributed by atoms with Crippen LogP contribution in [0, 0.1) is 0 Å². The molecule has 0 bridgehead atoms. The third kappa shape index (κ3) is 3.14. The lowest BCUT2D eigenvalue weighted by molar-refractivity contribution is 0.276. The van der Waals surface area contributed by atoms with Crippen molar-refractivity contribution in [3.8, 4) is 0 Å². The van der Waals surface area contributed by atoms with E-state index in [4.69, 9.17) is 18.0 Å². The molecule has 0 aliphatic carbocycles. The van der Waals surface area contributed by atoms with Gasteiger partial charge in [0.25, 0.3) is 10.2 Å². The Balaban J connectivity index is 2.04. The van der Waals surface area contributed by atoms with Gasteiger partial charge in [0.1, 0.15) is 0 Å². The van der Waals surface area contributed by atoms with Crippen LogP contribution in [0.5, 0.6) is 0 Å². The van der Waals surface area contributed by atoms with Crippen LogP contribution in [-0.4, -0.2) is 59.2 Å². The Kier molecular flexibility index (Phi) is 5.34. The van der Waals surface area contributed by atoms with Gasteiger partial charge in [-0.25, -0.2) is 0 Å². The molecule has 2 fully saturated rings. The fourth-order valence-corrected chi connectivity index (χ4v) is 5.82. The van der Waals surface area contributed by atoms with Crippen LogP contribution in [0.1, 0.15) is 32.1 Å². The molecule has 2 N–H and O–H groups in total. The van der Waals surface area contributed by atoms with Crippen LogP contribution in [0.25, 0.3) is 0 Å². The lowest BCUT2D eigenvalue weighted by Gasteiger charge is -2.41. The van der Waals surface area contributed by atoms with Gasteiger partial charge in [0, 0.05) is 26.2 Å². The van der Waals surface area contributed by atoms with Crippen molar-refractivity contribution in [1.82, 2.24) is 8.61 Å². The zero-order valence-corrected chi connectivity index (χ0v) is 14.3. The summed E-state index contributed by atoms with van der Waals surface area (Å²) in [5, 5.41) is 0. The third-order valence-corrected chi connectivity index (χ3v) is 8.30. The minimum Gasteiger partial charge on any atom is -0.392 e. The topological polar surface area (TPSA) is 66.6 Å². The molecule has 20 heavy (non-hydrogen) atoms. The van der Waals surface area contributed by atoms with Gasteiger partial charge in [0.2, 0.25) is 0 Å². The highest BCUT2D eigenvalue weighted by Crippen LogP contribution is 2.36. The van der Waals surface area contributed by atoms with Crippen LogP contribution in [0.3, 0.4) is 0 Å². The molecule has 0 unspecified atom stereocenters. The van der Waals surface area contributed by atoms with Gasteiger partial charge in [-0.15, -0.1) is 0 Å². The van der Waals surface area contributed by atoms with Crippen LogP contribution in [-0.2, 0) is 10.2 Å². The second-order valence-electron chi connectivity index (χ2n) is 5.43. The number of thiocarbonyl (C=S) groups is 1. The maximum atomic E-state index is 12.6. The summed E-state index contributed by atoms with van der Waals surface area (Å²) in [6.07, 6.45) is 6.47. The number of thioether (sulfide) groups is 1. The highest BCUT2D eigenvalue weighted by Gasteiger charge is 2.41. The normalized spacial score (nSPS) is 25.4. The summed E-state index contributed by atoms with van der Waals surface area (Å²) >= 11 is 6.81. The lowest BCUT2D eigenvalue weighted by atomic mass is 9.97. The molecule has 2 saturated heterocycles. The predicted molar refractivity (Wildman–Crippen MR) is 88.2 cm³/mol. The number of nitrogens with zero attached hydrogens (tertiary/aromatic N) is 2. The van der Waals surface area contributed by atoms with Crippen LogP contribution < -0.4 is 5.73 Å². The van der Waals surface area contributed by atoms with Gasteiger partial charge >= 0.3 is 0 Å². The van der Waals surface area contributed by atoms with E-state index in [1.165, 1.54) is 0 Å². The summed E-state index contributed by atoms with van der Waals surface area (Å²) in [6.45, 7) is 2.33. The zero-order chi connectivity index (χ0) is 14.8. The monoisotopic (exact) mass is 337 g/mol. The van der Waals surface area contributed by atoms with Crippen molar-refractivity contribution in [2.75, 3.05) is 32.4 Å². The molecule has 0 radical (unpaired) electrons. The first-order valence-electron chi connectivity index (χ1n) is 7.03. The SMILES string of the molecule is CSC1(C(N)=S)CCN(S(=O)(=O)N2CCCCC2)CC1. The lowest BCUT2D eigenvalue weighted by Crippen LogP contribution is -2.54.